The van der Waals surface area contributed by atoms with E-state index in [1.165, 1.54) is 18.2 Å². The number of fused-ring (bicyclic) bond motifs is 1. The molecule has 0 spiro atoms. The number of aromatic nitrogens is 2. The van der Waals surface area contributed by atoms with Crippen LogP contribution in [0.2, 0.25) is 0 Å². The first kappa shape index (κ1) is 17.0. The number of nitrogens with zero attached hydrogens (tertiary/aromatic N) is 3. The van der Waals surface area contributed by atoms with Gasteiger partial charge < -0.3 is 10.2 Å². The number of amides is 1. The van der Waals surface area contributed by atoms with Crippen molar-refractivity contribution < 1.29 is 4.79 Å². The van der Waals surface area contributed by atoms with Crippen LogP contribution in [-0.2, 0) is 4.79 Å². The zero-order valence-corrected chi connectivity index (χ0v) is 15.1. The number of thioether (sulfide) groups is 1. The molecule has 1 N–H and O–H groups in total. The van der Waals surface area contributed by atoms with Crippen LogP contribution in [0.4, 0.5) is 5.82 Å². The number of anilines is 1. The van der Waals surface area contributed by atoms with E-state index in [0.29, 0.717) is 17.0 Å². The molecule has 1 saturated heterocycles. The molecule has 1 aliphatic rings. The smallest absolute Gasteiger partial charge is 0.233 e. The highest BCUT2D eigenvalue weighted by atomic mass is 32.2. The van der Waals surface area contributed by atoms with Crippen molar-refractivity contribution in [1.82, 2.24) is 14.9 Å². The molecule has 128 valence electrons. The Morgan fingerprint density at radius 1 is 1.33 bits per heavy atom. The fraction of sp³-hybridized carbons (Fsp3) is 0.500. The van der Waals surface area contributed by atoms with Gasteiger partial charge in [0.1, 0.15) is 5.82 Å². The first-order chi connectivity index (χ1) is 11.7. The van der Waals surface area contributed by atoms with E-state index in [2.05, 4.69) is 22.2 Å². The minimum atomic E-state index is 0.189. The Kier molecular flexibility index (Phi) is 5.56. The van der Waals surface area contributed by atoms with Crippen LogP contribution in [0.15, 0.2) is 29.4 Å². The number of carbonyl (C=O) groups excluding carboxylic acids is 1. The summed E-state index contributed by atoms with van der Waals surface area (Å²) in [6.45, 7) is 5.86. The average molecular weight is 344 g/mol. The molecule has 0 unspecified atom stereocenters. The lowest BCUT2D eigenvalue weighted by atomic mass is 10.0. The van der Waals surface area contributed by atoms with Crippen molar-refractivity contribution in [2.24, 2.45) is 0 Å². The molecule has 1 aromatic carbocycles. The predicted molar refractivity (Wildman–Crippen MR) is 99.5 cm³/mol. The molecule has 0 aliphatic carbocycles. The van der Waals surface area contributed by atoms with E-state index in [-0.39, 0.29) is 5.91 Å². The zero-order valence-electron chi connectivity index (χ0n) is 14.3. The number of benzene rings is 1. The number of hydrogen-bond donors (Lipinski definition) is 1. The molecule has 1 fully saturated rings. The van der Waals surface area contributed by atoms with Gasteiger partial charge in [-0.15, -0.1) is 0 Å². The van der Waals surface area contributed by atoms with Crippen LogP contribution < -0.4 is 5.32 Å². The second-order valence-corrected chi connectivity index (χ2v) is 7.07. The van der Waals surface area contributed by atoms with Gasteiger partial charge in [0.05, 0.1) is 11.3 Å². The number of hydrogen-bond acceptors (Lipinski definition) is 5. The number of nitrogens with one attached hydrogen (secondary N) is 1. The summed E-state index contributed by atoms with van der Waals surface area (Å²) in [5, 5.41) is 4.96. The third-order valence-electron chi connectivity index (χ3n) is 4.37. The van der Waals surface area contributed by atoms with E-state index in [1.807, 2.05) is 36.1 Å². The molecule has 3 rings (SSSR count). The van der Waals surface area contributed by atoms with E-state index in [1.54, 1.807) is 0 Å². The maximum absolute atomic E-state index is 12.5. The van der Waals surface area contributed by atoms with Crippen LogP contribution in [0.5, 0.6) is 0 Å². The van der Waals surface area contributed by atoms with E-state index in [0.717, 1.165) is 42.7 Å². The Balaban J connectivity index is 1.74. The van der Waals surface area contributed by atoms with Crippen LogP contribution in [0.3, 0.4) is 0 Å². The summed E-state index contributed by atoms with van der Waals surface area (Å²) in [4.78, 5) is 23.7. The lowest BCUT2D eigenvalue weighted by Crippen LogP contribution is -2.42. The molecule has 1 atom stereocenters. The summed E-state index contributed by atoms with van der Waals surface area (Å²) in [6.07, 6.45) is 3.43. The average Bonchev–Trinajstić information content (AvgIpc) is 2.60. The summed E-state index contributed by atoms with van der Waals surface area (Å²) >= 11 is 1.43. The molecule has 0 radical (unpaired) electrons. The maximum Gasteiger partial charge on any atom is 0.233 e. The maximum atomic E-state index is 12.5. The molecule has 0 bridgehead atoms. The molecule has 2 aromatic rings. The van der Waals surface area contributed by atoms with Crippen LogP contribution in [-0.4, -0.2) is 45.7 Å². The van der Waals surface area contributed by atoms with Crippen molar-refractivity contribution in [3.8, 4) is 0 Å². The summed E-state index contributed by atoms with van der Waals surface area (Å²) in [5.74, 6) is 1.42. The Bertz CT molecular complexity index is 721. The summed E-state index contributed by atoms with van der Waals surface area (Å²) in [6, 6.07) is 8.31. The zero-order chi connectivity index (χ0) is 16.9. The SMILES string of the molecule is CCNc1nc(SCC(=O)N2CCCC[C@H]2C)nc2ccccc12. The highest BCUT2D eigenvalue weighted by molar-refractivity contribution is 7.99. The molecule has 6 heteroatoms. The van der Waals surface area contributed by atoms with Gasteiger partial charge in [-0.1, -0.05) is 23.9 Å². The second-order valence-electron chi connectivity index (χ2n) is 6.12. The topological polar surface area (TPSA) is 58.1 Å². The van der Waals surface area contributed by atoms with Gasteiger partial charge in [-0.3, -0.25) is 4.79 Å². The van der Waals surface area contributed by atoms with Crippen molar-refractivity contribution in [3.63, 3.8) is 0 Å². The van der Waals surface area contributed by atoms with Crippen molar-refractivity contribution >= 4 is 34.4 Å². The van der Waals surface area contributed by atoms with Gasteiger partial charge in [0.2, 0.25) is 5.91 Å². The van der Waals surface area contributed by atoms with Crippen molar-refractivity contribution in [2.75, 3.05) is 24.2 Å². The quantitative estimate of drug-likeness (QED) is 0.664. The third kappa shape index (κ3) is 3.80. The molecule has 1 aliphatic heterocycles. The van der Waals surface area contributed by atoms with Crippen LogP contribution in [0, 0.1) is 0 Å². The number of likely N-dealkylation sites (tertiary alicyclic amines) is 1. The van der Waals surface area contributed by atoms with Crippen molar-refractivity contribution in [3.05, 3.63) is 24.3 Å². The fourth-order valence-electron chi connectivity index (χ4n) is 3.10. The van der Waals surface area contributed by atoms with E-state index < -0.39 is 0 Å². The minimum Gasteiger partial charge on any atom is -0.370 e. The Labute approximate surface area is 147 Å². The van der Waals surface area contributed by atoms with Gasteiger partial charge in [0.15, 0.2) is 5.16 Å². The van der Waals surface area contributed by atoms with Gasteiger partial charge in [0.25, 0.3) is 0 Å². The molecule has 24 heavy (non-hydrogen) atoms. The molecular formula is C18H24N4OS. The lowest BCUT2D eigenvalue weighted by Gasteiger charge is -2.33. The first-order valence-electron chi connectivity index (χ1n) is 8.62. The standard InChI is InChI=1S/C18H24N4OS/c1-3-19-17-14-9-4-5-10-15(14)20-18(21-17)24-12-16(23)22-11-7-6-8-13(22)2/h4-5,9-10,13H,3,6-8,11-12H2,1-2H3,(H,19,20,21)/t13-/m1/s1. The Morgan fingerprint density at radius 2 is 2.17 bits per heavy atom. The van der Waals surface area contributed by atoms with Crippen LogP contribution >= 0.6 is 11.8 Å². The molecule has 1 amide bonds. The van der Waals surface area contributed by atoms with Crippen molar-refractivity contribution in [2.45, 2.75) is 44.3 Å². The molecule has 1 aromatic heterocycles. The molecule has 5 nitrogen and oxygen atoms in total. The number of carbonyl (C=O) groups is 1. The Morgan fingerprint density at radius 3 is 2.96 bits per heavy atom. The van der Waals surface area contributed by atoms with Gasteiger partial charge in [-0.25, -0.2) is 9.97 Å². The van der Waals surface area contributed by atoms with E-state index >= 15 is 0 Å². The number of para-hydroxylation sites is 1. The predicted octanol–water partition coefficient (Wildman–Crippen LogP) is 3.55. The number of rotatable bonds is 5. The first-order valence-corrected chi connectivity index (χ1v) is 9.60. The molecule has 0 saturated carbocycles. The van der Waals surface area contributed by atoms with E-state index in [9.17, 15) is 4.79 Å². The lowest BCUT2D eigenvalue weighted by molar-refractivity contribution is -0.131. The van der Waals surface area contributed by atoms with Gasteiger partial charge in [0, 0.05) is 24.5 Å². The summed E-state index contributed by atoms with van der Waals surface area (Å²) in [7, 11) is 0. The summed E-state index contributed by atoms with van der Waals surface area (Å²) < 4.78 is 0. The highest BCUT2D eigenvalue weighted by Crippen LogP contribution is 2.25. The van der Waals surface area contributed by atoms with Crippen LogP contribution in [0.1, 0.15) is 33.1 Å². The number of piperidine rings is 1. The highest BCUT2D eigenvalue weighted by Gasteiger charge is 2.23. The fourth-order valence-corrected chi connectivity index (χ4v) is 3.84. The molecular weight excluding hydrogens is 320 g/mol. The monoisotopic (exact) mass is 344 g/mol. The van der Waals surface area contributed by atoms with Crippen molar-refractivity contribution in [1.29, 1.82) is 0 Å². The third-order valence-corrected chi connectivity index (χ3v) is 5.21. The largest absolute Gasteiger partial charge is 0.370 e. The van der Waals surface area contributed by atoms with E-state index in [4.69, 9.17) is 0 Å². The van der Waals surface area contributed by atoms with Gasteiger partial charge in [-0.2, -0.15) is 0 Å². The molecule has 2 heterocycles. The van der Waals surface area contributed by atoms with Gasteiger partial charge >= 0.3 is 0 Å². The normalized spacial score (nSPS) is 17.9. The Hall–Kier alpha value is -1.82. The summed E-state index contributed by atoms with van der Waals surface area (Å²) in [5.41, 5.74) is 0.907. The minimum absolute atomic E-state index is 0.189. The second kappa shape index (κ2) is 7.83. The van der Waals surface area contributed by atoms with Gasteiger partial charge in [-0.05, 0) is 45.2 Å². The van der Waals surface area contributed by atoms with Crippen LogP contribution in [0.25, 0.3) is 10.9 Å².